The lowest BCUT2D eigenvalue weighted by molar-refractivity contribution is 0.858. The lowest BCUT2D eigenvalue weighted by Gasteiger charge is -2.12. The maximum Gasteiger partial charge on any atom is 0.189 e. The fraction of sp³-hybridized carbons (Fsp3) is 0.500. The van der Waals surface area contributed by atoms with Crippen LogP contribution in [0.5, 0.6) is 0 Å². The fourth-order valence-electron chi connectivity index (χ4n) is 1.55. The van der Waals surface area contributed by atoms with Gasteiger partial charge in [0.05, 0.1) is 0 Å². The number of aryl methyl sites for hydroxylation is 1. The minimum atomic E-state index is 0.741. The first-order valence-electron chi connectivity index (χ1n) is 6.39. The van der Waals surface area contributed by atoms with Crippen molar-refractivity contribution >= 4 is 17.6 Å². The summed E-state index contributed by atoms with van der Waals surface area (Å²) in [5.74, 6) is 1.75. The summed E-state index contributed by atoms with van der Waals surface area (Å²) in [7, 11) is 0. The first-order valence-corrected chi connectivity index (χ1v) is 7.20. The molecule has 0 bridgehead atoms. The lowest BCUT2D eigenvalue weighted by atomic mass is 10.3. The Kier molecular flexibility index (Phi) is 4.73. The molecule has 6 nitrogen and oxygen atoms in total. The molecule has 0 amide bonds. The molecule has 0 spiro atoms. The number of aromatic nitrogens is 5. The van der Waals surface area contributed by atoms with Crippen molar-refractivity contribution in [2.45, 2.75) is 43.8 Å². The van der Waals surface area contributed by atoms with E-state index in [2.05, 4.69) is 44.3 Å². The molecule has 2 heterocycles. The van der Waals surface area contributed by atoms with E-state index in [0.717, 1.165) is 46.8 Å². The Morgan fingerprint density at radius 1 is 1.32 bits per heavy atom. The van der Waals surface area contributed by atoms with Crippen LogP contribution in [0.4, 0.5) is 5.82 Å². The van der Waals surface area contributed by atoms with Gasteiger partial charge in [0.1, 0.15) is 23.0 Å². The number of anilines is 1. The third-order valence-electron chi connectivity index (χ3n) is 2.59. The number of nitrogens with one attached hydrogen (secondary N) is 2. The van der Waals surface area contributed by atoms with Gasteiger partial charge in [-0.1, -0.05) is 13.8 Å². The number of aromatic amines is 1. The smallest absolute Gasteiger partial charge is 0.189 e. The Morgan fingerprint density at radius 3 is 2.79 bits per heavy atom. The van der Waals surface area contributed by atoms with Crippen molar-refractivity contribution in [3.05, 3.63) is 17.7 Å². The van der Waals surface area contributed by atoms with Crippen LogP contribution in [0.3, 0.4) is 0 Å². The summed E-state index contributed by atoms with van der Waals surface area (Å²) in [6.45, 7) is 7.12. The summed E-state index contributed by atoms with van der Waals surface area (Å²) >= 11 is 1.48. The van der Waals surface area contributed by atoms with E-state index in [1.807, 2.05) is 6.92 Å². The Morgan fingerprint density at radius 2 is 2.16 bits per heavy atom. The quantitative estimate of drug-likeness (QED) is 0.790. The van der Waals surface area contributed by atoms with Gasteiger partial charge >= 0.3 is 0 Å². The van der Waals surface area contributed by atoms with E-state index in [1.54, 1.807) is 0 Å². The van der Waals surface area contributed by atoms with E-state index in [9.17, 15) is 0 Å². The molecular weight excluding hydrogens is 260 g/mol. The van der Waals surface area contributed by atoms with Crippen molar-refractivity contribution in [3.8, 4) is 0 Å². The standard InChI is InChI=1S/C12H18N6S/c1-4-6-13-10-8(3)11(17-9(5-2)16-10)19-12-14-7-15-18-12/h7H,4-6H2,1-3H3,(H,13,16,17)(H,14,15,18). The second kappa shape index (κ2) is 6.51. The van der Waals surface area contributed by atoms with Crippen LogP contribution in [0, 0.1) is 6.92 Å². The average Bonchev–Trinajstić information content (AvgIpc) is 2.92. The van der Waals surface area contributed by atoms with Crippen LogP contribution in [-0.4, -0.2) is 31.7 Å². The van der Waals surface area contributed by atoms with Crippen molar-refractivity contribution in [2.24, 2.45) is 0 Å². The van der Waals surface area contributed by atoms with E-state index in [4.69, 9.17) is 0 Å². The van der Waals surface area contributed by atoms with Crippen LogP contribution in [0.1, 0.15) is 31.7 Å². The molecule has 0 saturated carbocycles. The number of H-pyrrole nitrogens is 1. The zero-order chi connectivity index (χ0) is 13.7. The lowest BCUT2D eigenvalue weighted by Crippen LogP contribution is -2.08. The van der Waals surface area contributed by atoms with Crippen LogP contribution in [0.25, 0.3) is 0 Å². The van der Waals surface area contributed by atoms with Gasteiger partial charge in [-0.3, -0.25) is 5.10 Å². The van der Waals surface area contributed by atoms with Gasteiger partial charge in [-0.05, 0) is 25.1 Å². The largest absolute Gasteiger partial charge is 0.370 e. The van der Waals surface area contributed by atoms with Gasteiger partial charge in [-0.25, -0.2) is 15.0 Å². The third kappa shape index (κ3) is 3.44. The van der Waals surface area contributed by atoms with E-state index in [0.29, 0.717) is 0 Å². The van der Waals surface area contributed by atoms with Crippen molar-refractivity contribution in [3.63, 3.8) is 0 Å². The molecule has 0 radical (unpaired) electrons. The molecule has 7 heteroatoms. The van der Waals surface area contributed by atoms with Gasteiger partial charge in [0.15, 0.2) is 5.16 Å². The number of rotatable bonds is 6. The molecule has 0 aliphatic rings. The maximum atomic E-state index is 4.56. The van der Waals surface area contributed by atoms with Gasteiger partial charge in [0.2, 0.25) is 0 Å². The van der Waals surface area contributed by atoms with Crippen molar-refractivity contribution < 1.29 is 0 Å². The molecule has 2 aromatic rings. The van der Waals surface area contributed by atoms with Crippen molar-refractivity contribution in [2.75, 3.05) is 11.9 Å². The van der Waals surface area contributed by atoms with Crippen LogP contribution >= 0.6 is 11.8 Å². The molecule has 0 aliphatic carbocycles. The summed E-state index contributed by atoms with van der Waals surface area (Å²) in [5.41, 5.74) is 1.05. The zero-order valence-electron chi connectivity index (χ0n) is 11.4. The van der Waals surface area contributed by atoms with E-state index < -0.39 is 0 Å². The summed E-state index contributed by atoms with van der Waals surface area (Å²) in [6.07, 6.45) is 3.37. The topological polar surface area (TPSA) is 79.4 Å². The normalized spacial score (nSPS) is 10.7. The van der Waals surface area contributed by atoms with Gasteiger partial charge < -0.3 is 5.32 Å². The Bertz CT molecular complexity index is 525. The second-order valence-corrected chi connectivity index (χ2v) is 5.07. The molecule has 0 aliphatic heterocycles. The maximum absolute atomic E-state index is 4.56. The Labute approximate surface area is 116 Å². The zero-order valence-corrected chi connectivity index (χ0v) is 12.2. The highest BCUT2D eigenvalue weighted by molar-refractivity contribution is 7.99. The summed E-state index contributed by atoms with van der Waals surface area (Å²) in [4.78, 5) is 13.2. The fourth-order valence-corrected chi connectivity index (χ4v) is 2.33. The van der Waals surface area contributed by atoms with Gasteiger partial charge in [-0.2, -0.15) is 5.10 Å². The number of hydrogen-bond donors (Lipinski definition) is 2. The monoisotopic (exact) mass is 278 g/mol. The molecule has 2 rings (SSSR count). The number of nitrogens with zero attached hydrogens (tertiary/aromatic N) is 4. The van der Waals surface area contributed by atoms with Crippen LogP contribution in [-0.2, 0) is 6.42 Å². The molecule has 0 unspecified atom stereocenters. The highest BCUT2D eigenvalue weighted by Gasteiger charge is 2.12. The predicted molar refractivity (Wildman–Crippen MR) is 75.4 cm³/mol. The summed E-state index contributed by atoms with van der Waals surface area (Å²) in [6, 6.07) is 0. The molecule has 2 aromatic heterocycles. The highest BCUT2D eigenvalue weighted by Crippen LogP contribution is 2.28. The third-order valence-corrected chi connectivity index (χ3v) is 3.57. The second-order valence-electron chi connectivity index (χ2n) is 4.09. The van der Waals surface area contributed by atoms with Crippen LogP contribution in [0.15, 0.2) is 16.5 Å². The van der Waals surface area contributed by atoms with Gasteiger partial charge in [-0.15, -0.1) is 0 Å². The molecule has 19 heavy (non-hydrogen) atoms. The van der Waals surface area contributed by atoms with E-state index in [-0.39, 0.29) is 0 Å². The minimum Gasteiger partial charge on any atom is -0.370 e. The number of hydrogen-bond acceptors (Lipinski definition) is 6. The molecule has 102 valence electrons. The van der Waals surface area contributed by atoms with E-state index in [1.165, 1.54) is 18.1 Å². The Hall–Kier alpha value is -1.63. The highest BCUT2D eigenvalue weighted by atomic mass is 32.2. The average molecular weight is 278 g/mol. The first-order chi connectivity index (χ1) is 9.24. The van der Waals surface area contributed by atoms with Gasteiger partial charge in [0, 0.05) is 18.5 Å². The SMILES string of the molecule is CCCNc1nc(CC)nc(Sc2ncn[nH]2)c1C. The summed E-state index contributed by atoms with van der Waals surface area (Å²) < 4.78 is 0. The van der Waals surface area contributed by atoms with Crippen LogP contribution in [0.2, 0.25) is 0 Å². The molecule has 0 fully saturated rings. The van der Waals surface area contributed by atoms with Crippen molar-refractivity contribution in [1.82, 2.24) is 25.1 Å². The molecule has 2 N–H and O–H groups in total. The van der Waals surface area contributed by atoms with E-state index >= 15 is 0 Å². The molecule has 0 saturated heterocycles. The Balaban J connectivity index is 2.30. The minimum absolute atomic E-state index is 0.741. The molecule has 0 aromatic carbocycles. The van der Waals surface area contributed by atoms with Crippen molar-refractivity contribution in [1.29, 1.82) is 0 Å². The van der Waals surface area contributed by atoms with Gasteiger partial charge in [0.25, 0.3) is 0 Å². The summed E-state index contributed by atoms with van der Waals surface area (Å²) in [5, 5.41) is 11.7. The molecular formula is C12H18N6S. The van der Waals surface area contributed by atoms with Crippen LogP contribution < -0.4 is 5.32 Å². The first kappa shape index (κ1) is 13.8. The predicted octanol–water partition coefficient (Wildman–Crippen LogP) is 2.44. The molecule has 0 atom stereocenters.